The predicted octanol–water partition coefficient (Wildman–Crippen LogP) is 1.34. The maximum atomic E-state index is 11.5. The number of carbonyl (C=O) groups is 2. The van der Waals surface area contributed by atoms with Gasteiger partial charge in [0.1, 0.15) is 0 Å². The van der Waals surface area contributed by atoms with E-state index >= 15 is 0 Å². The Morgan fingerprint density at radius 1 is 1.56 bits per heavy atom. The lowest BCUT2D eigenvalue weighted by Crippen LogP contribution is -2.30. The fraction of sp³-hybridized carbons (Fsp3) is 0.833. The van der Waals surface area contributed by atoms with Crippen LogP contribution in [0.15, 0.2) is 0 Å². The molecule has 1 amide bonds. The summed E-state index contributed by atoms with van der Waals surface area (Å²) in [5.74, 6) is 0.596. The van der Waals surface area contributed by atoms with Crippen LogP contribution in [0.2, 0.25) is 0 Å². The van der Waals surface area contributed by atoms with Gasteiger partial charge in [0.2, 0.25) is 5.91 Å². The Labute approximate surface area is 95.9 Å². The van der Waals surface area contributed by atoms with Gasteiger partial charge in [-0.25, -0.2) is 0 Å². The summed E-state index contributed by atoms with van der Waals surface area (Å²) in [4.78, 5) is 24.3. The van der Waals surface area contributed by atoms with Gasteiger partial charge < -0.3 is 9.64 Å². The van der Waals surface area contributed by atoms with E-state index in [4.69, 9.17) is 4.74 Å². The van der Waals surface area contributed by atoms with Crippen LogP contribution in [-0.4, -0.2) is 35.5 Å². The summed E-state index contributed by atoms with van der Waals surface area (Å²) >= 11 is 0. The molecule has 2 heterocycles. The molecule has 0 saturated carbocycles. The fourth-order valence-electron chi connectivity index (χ4n) is 3.07. The van der Waals surface area contributed by atoms with Crippen molar-refractivity contribution < 1.29 is 14.3 Å². The molecule has 2 rings (SSSR count). The molecule has 1 unspecified atom stereocenters. The van der Waals surface area contributed by atoms with E-state index in [2.05, 4.69) is 0 Å². The van der Waals surface area contributed by atoms with E-state index in [1.807, 2.05) is 11.8 Å². The molecule has 0 aromatic carbocycles. The van der Waals surface area contributed by atoms with Crippen LogP contribution in [-0.2, 0) is 14.3 Å². The van der Waals surface area contributed by atoms with Crippen molar-refractivity contribution in [2.75, 3.05) is 6.54 Å². The second-order valence-corrected chi connectivity index (χ2v) is 4.90. The highest BCUT2D eigenvalue weighted by molar-refractivity contribution is 5.79. The van der Waals surface area contributed by atoms with Gasteiger partial charge in [0.15, 0.2) is 0 Å². The topological polar surface area (TPSA) is 46.6 Å². The van der Waals surface area contributed by atoms with Crippen LogP contribution in [0.3, 0.4) is 0 Å². The summed E-state index contributed by atoms with van der Waals surface area (Å²) in [5.41, 5.74) is 0. The summed E-state index contributed by atoms with van der Waals surface area (Å²) in [6, 6.07) is 0.408. The molecule has 3 atom stereocenters. The van der Waals surface area contributed by atoms with Crippen LogP contribution in [0.25, 0.3) is 0 Å². The number of amides is 1. The SMILES string of the molecule is CC(=O)OC(C)C[C@@H]1CCN2C(=O)CC[C@H]12. The van der Waals surface area contributed by atoms with Crippen LogP contribution in [0.4, 0.5) is 0 Å². The largest absolute Gasteiger partial charge is 0.463 e. The number of rotatable bonds is 3. The highest BCUT2D eigenvalue weighted by Crippen LogP contribution is 2.36. The first-order valence-corrected chi connectivity index (χ1v) is 6.04. The quantitative estimate of drug-likeness (QED) is 0.681. The van der Waals surface area contributed by atoms with Gasteiger partial charge in [-0.2, -0.15) is 0 Å². The summed E-state index contributed by atoms with van der Waals surface area (Å²) in [5, 5.41) is 0. The van der Waals surface area contributed by atoms with Gasteiger partial charge in [0.05, 0.1) is 6.10 Å². The summed E-state index contributed by atoms with van der Waals surface area (Å²) in [7, 11) is 0. The maximum absolute atomic E-state index is 11.5. The minimum absolute atomic E-state index is 0.0295. The number of nitrogens with zero attached hydrogens (tertiary/aromatic N) is 1. The fourth-order valence-corrected chi connectivity index (χ4v) is 3.07. The number of fused-ring (bicyclic) bond motifs is 1. The van der Waals surface area contributed by atoms with Crippen LogP contribution in [0.5, 0.6) is 0 Å². The molecule has 2 fully saturated rings. The zero-order valence-electron chi connectivity index (χ0n) is 9.94. The molecule has 90 valence electrons. The van der Waals surface area contributed by atoms with Crippen molar-refractivity contribution in [2.24, 2.45) is 5.92 Å². The van der Waals surface area contributed by atoms with Crippen molar-refractivity contribution in [3.63, 3.8) is 0 Å². The lowest BCUT2D eigenvalue weighted by Gasteiger charge is -2.22. The first-order chi connectivity index (χ1) is 7.58. The van der Waals surface area contributed by atoms with Crippen molar-refractivity contribution >= 4 is 11.9 Å². The smallest absolute Gasteiger partial charge is 0.302 e. The molecule has 0 bridgehead atoms. The lowest BCUT2D eigenvalue weighted by molar-refractivity contribution is -0.146. The van der Waals surface area contributed by atoms with E-state index in [0.717, 1.165) is 25.8 Å². The third-order valence-electron chi connectivity index (χ3n) is 3.66. The number of esters is 1. The van der Waals surface area contributed by atoms with Crippen LogP contribution < -0.4 is 0 Å². The van der Waals surface area contributed by atoms with Crippen molar-refractivity contribution in [3.8, 4) is 0 Å². The zero-order valence-corrected chi connectivity index (χ0v) is 9.94. The van der Waals surface area contributed by atoms with Gasteiger partial charge in [-0.05, 0) is 32.1 Å². The number of carbonyl (C=O) groups excluding carboxylic acids is 2. The normalized spacial score (nSPS) is 30.4. The predicted molar refractivity (Wildman–Crippen MR) is 58.7 cm³/mol. The van der Waals surface area contributed by atoms with E-state index in [-0.39, 0.29) is 12.1 Å². The van der Waals surface area contributed by atoms with Gasteiger partial charge in [-0.1, -0.05) is 0 Å². The number of ether oxygens (including phenoxy) is 1. The average molecular weight is 225 g/mol. The maximum Gasteiger partial charge on any atom is 0.302 e. The molecule has 0 spiro atoms. The molecular formula is C12H19NO3. The van der Waals surface area contributed by atoms with Gasteiger partial charge in [0.25, 0.3) is 0 Å². The summed E-state index contributed by atoms with van der Waals surface area (Å²) in [6.07, 6.45) is 3.59. The number of hydrogen-bond donors (Lipinski definition) is 0. The Kier molecular flexibility index (Phi) is 3.17. The Bertz CT molecular complexity index is 303. The Morgan fingerprint density at radius 2 is 2.31 bits per heavy atom. The third-order valence-corrected chi connectivity index (χ3v) is 3.66. The van der Waals surface area contributed by atoms with Crippen LogP contribution in [0, 0.1) is 5.92 Å². The highest BCUT2D eigenvalue weighted by Gasteiger charge is 2.41. The molecule has 2 aliphatic rings. The monoisotopic (exact) mass is 225 g/mol. The van der Waals surface area contributed by atoms with Gasteiger partial charge >= 0.3 is 5.97 Å². The zero-order chi connectivity index (χ0) is 11.7. The molecule has 2 aliphatic heterocycles. The second kappa shape index (κ2) is 4.44. The Balaban J connectivity index is 1.87. The van der Waals surface area contributed by atoms with Crippen molar-refractivity contribution in [2.45, 2.75) is 51.7 Å². The Hall–Kier alpha value is -1.06. The summed E-state index contributed by atoms with van der Waals surface area (Å²) < 4.78 is 5.15. The van der Waals surface area contributed by atoms with Crippen molar-refractivity contribution in [3.05, 3.63) is 0 Å². The Morgan fingerprint density at radius 3 is 3.00 bits per heavy atom. The molecule has 0 aliphatic carbocycles. The standard InChI is InChI=1S/C12H19NO3/c1-8(16-9(2)14)7-10-5-6-13-11(10)3-4-12(13)15/h8,10-11H,3-7H2,1-2H3/t8?,10-,11+/m0/s1. The molecule has 16 heavy (non-hydrogen) atoms. The minimum atomic E-state index is -0.218. The second-order valence-electron chi connectivity index (χ2n) is 4.90. The molecule has 0 N–H and O–H groups in total. The number of hydrogen-bond acceptors (Lipinski definition) is 3. The average Bonchev–Trinajstić information content (AvgIpc) is 2.70. The van der Waals surface area contributed by atoms with Crippen LogP contribution >= 0.6 is 0 Å². The lowest BCUT2D eigenvalue weighted by atomic mass is 9.92. The molecular weight excluding hydrogens is 206 g/mol. The van der Waals surface area contributed by atoms with Gasteiger partial charge in [-0.15, -0.1) is 0 Å². The first-order valence-electron chi connectivity index (χ1n) is 6.04. The van der Waals surface area contributed by atoms with E-state index in [1.54, 1.807) is 0 Å². The van der Waals surface area contributed by atoms with E-state index < -0.39 is 0 Å². The molecule has 0 radical (unpaired) electrons. The summed E-state index contributed by atoms with van der Waals surface area (Å²) in [6.45, 7) is 4.26. The van der Waals surface area contributed by atoms with E-state index in [9.17, 15) is 9.59 Å². The van der Waals surface area contributed by atoms with Crippen molar-refractivity contribution in [1.82, 2.24) is 4.90 Å². The van der Waals surface area contributed by atoms with Gasteiger partial charge in [-0.3, -0.25) is 9.59 Å². The molecule has 2 saturated heterocycles. The van der Waals surface area contributed by atoms with Crippen molar-refractivity contribution in [1.29, 1.82) is 0 Å². The first kappa shape index (κ1) is 11.4. The third kappa shape index (κ3) is 2.20. The van der Waals surface area contributed by atoms with Gasteiger partial charge in [0, 0.05) is 25.9 Å². The van der Waals surface area contributed by atoms with E-state index in [1.165, 1.54) is 6.92 Å². The highest BCUT2D eigenvalue weighted by atomic mass is 16.5. The molecule has 0 aromatic heterocycles. The van der Waals surface area contributed by atoms with E-state index in [0.29, 0.717) is 24.3 Å². The molecule has 4 nitrogen and oxygen atoms in total. The molecule has 0 aromatic rings. The molecule has 4 heteroatoms. The minimum Gasteiger partial charge on any atom is -0.463 e. The van der Waals surface area contributed by atoms with Crippen LogP contribution in [0.1, 0.15) is 39.5 Å².